The van der Waals surface area contributed by atoms with E-state index in [1.165, 1.54) is 7.05 Å². The molecule has 0 saturated heterocycles. The van der Waals surface area contributed by atoms with Crippen molar-refractivity contribution in [3.63, 3.8) is 0 Å². The number of nitrogens with zero attached hydrogens (tertiary/aromatic N) is 1. The standard InChI is InChI=1S/C3H8N3O/c1-6(5)2-3(4)7/h4H,2,5H2,1H3. The lowest BCUT2D eigenvalue weighted by atomic mass is 10.6. The third-order valence-corrected chi connectivity index (χ3v) is 0.393. The van der Waals surface area contributed by atoms with Crippen LogP contribution in [-0.2, 0) is 4.79 Å². The fourth-order valence-electron chi connectivity index (χ4n) is 0.227. The Hall–Kier alpha value is -0.610. The maximum absolute atomic E-state index is 9.80. The maximum atomic E-state index is 9.80. The lowest BCUT2D eigenvalue weighted by Crippen LogP contribution is -2.32. The second-order valence-corrected chi connectivity index (χ2v) is 1.34. The summed E-state index contributed by atoms with van der Waals surface area (Å²) in [6.07, 6.45) is 0. The molecule has 41 valence electrons. The number of likely N-dealkylation sites (N-methyl/N-ethyl adjacent to an activating group) is 1. The summed E-state index contributed by atoms with van der Waals surface area (Å²) < 4.78 is 0. The van der Waals surface area contributed by atoms with Gasteiger partial charge in [-0.2, -0.15) is 0 Å². The highest BCUT2D eigenvalue weighted by molar-refractivity contribution is 5.74. The summed E-state index contributed by atoms with van der Waals surface area (Å²) in [7, 11) is 1.53. The monoisotopic (exact) mass is 102 g/mol. The predicted octanol–water partition coefficient (Wildman–Crippen LogP) is -1.40. The van der Waals surface area contributed by atoms with Gasteiger partial charge in [0, 0.05) is 7.05 Å². The van der Waals surface area contributed by atoms with E-state index >= 15 is 0 Å². The van der Waals surface area contributed by atoms with Gasteiger partial charge >= 0.3 is 0 Å². The Kier molecular flexibility index (Phi) is 2.32. The van der Waals surface area contributed by atoms with Crippen LogP contribution in [0.5, 0.6) is 0 Å². The van der Waals surface area contributed by atoms with E-state index in [0.29, 0.717) is 0 Å². The molecular formula is C3H8N3O. The Labute approximate surface area is 42.0 Å². The van der Waals surface area contributed by atoms with Crippen molar-refractivity contribution in [1.82, 2.24) is 10.7 Å². The van der Waals surface area contributed by atoms with E-state index in [-0.39, 0.29) is 6.54 Å². The van der Waals surface area contributed by atoms with Gasteiger partial charge < -0.3 is 0 Å². The molecule has 4 heteroatoms. The number of hydrogen-bond acceptors (Lipinski definition) is 3. The molecule has 1 radical (unpaired) electrons. The summed E-state index contributed by atoms with van der Waals surface area (Å²) in [5.41, 5.74) is 6.35. The van der Waals surface area contributed by atoms with Gasteiger partial charge in [0.2, 0.25) is 0 Å². The summed E-state index contributed by atoms with van der Waals surface area (Å²) in [6.45, 7) is 0. The van der Waals surface area contributed by atoms with Crippen molar-refractivity contribution < 1.29 is 4.79 Å². The Balaban J connectivity index is 3.13. The van der Waals surface area contributed by atoms with Gasteiger partial charge in [0.1, 0.15) is 0 Å². The molecule has 4 nitrogen and oxygen atoms in total. The minimum atomic E-state index is -0.662. The number of carbonyl (C=O) groups excluding carboxylic acids is 1. The molecule has 0 aliphatic carbocycles. The van der Waals surface area contributed by atoms with E-state index in [0.717, 1.165) is 5.01 Å². The summed E-state index contributed by atoms with van der Waals surface area (Å²) >= 11 is 0. The van der Waals surface area contributed by atoms with Gasteiger partial charge in [-0.15, -0.1) is 0 Å². The largest absolute Gasteiger partial charge is 0.272 e. The van der Waals surface area contributed by atoms with Gasteiger partial charge in [-0.25, -0.2) is 5.01 Å². The normalized spacial score (nSPS) is 9.57. The summed E-state index contributed by atoms with van der Waals surface area (Å²) in [5, 5.41) is 1.16. The summed E-state index contributed by atoms with van der Waals surface area (Å²) in [5.74, 6) is 4.32. The number of hydrogen-bond donors (Lipinski definition) is 1. The number of nitrogens with two attached hydrogens (primary N) is 1. The molecule has 0 aliphatic rings. The highest BCUT2D eigenvalue weighted by Crippen LogP contribution is 1.64. The van der Waals surface area contributed by atoms with Gasteiger partial charge in [-0.05, 0) is 0 Å². The van der Waals surface area contributed by atoms with Gasteiger partial charge in [-0.1, -0.05) is 0 Å². The highest BCUT2D eigenvalue weighted by atomic mass is 16.1. The van der Waals surface area contributed by atoms with Gasteiger partial charge in [-0.3, -0.25) is 16.4 Å². The highest BCUT2D eigenvalue weighted by Gasteiger charge is 1.93. The molecule has 0 atom stereocenters. The van der Waals surface area contributed by atoms with E-state index in [2.05, 4.69) is 0 Å². The van der Waals surface area contributed by atoms with Crippen molar-refractivity contribution in [2.24, 2.45) is 5.84 Å². The van der Waals surface area contributed by atoms with Crippen LogP contribution in [0.15, 0.2) is 0 Å². The SMILES string of the molecule is CN(N)CC([NH])=O. The van der Waals surface area contributed by atoms with Gasteiger partial charge in [0.15, 0.2) is 0 Å². The van der Waals surface area contributed by atoms with E-state index in [1.807, 2.05) is 0 Å². The first-order valence-corrected chi connectivity index (χ1v) is 1.83. The topological polar surface area (TPSA) is 70.1 Å². The Morgan fingerprint density at radius 1 is 2.00 bits per heavy atom. The van der Waals surface area contributed by atoms with Crippen LogP contribution in [-0.4, -0.2) is 24.5 Å². The summed E-state index contributed by atoms with van der Waals surface area (Å²) in [6, 6.07) is 0. The molecule has 7 heavy (non-hydrogen) atoms. The molecule has 1 amide bonds. The fourth-order valence-corrected chi connectivity index (χ4v) is 0.227. The van der Waals surface area contributed by atoms with E-state index in [1.54, 1.807) is 0 Å². The van der Waals surface area contributed by atoms with Crippen LogP contribution in [0.25, 0.3) is 0 Å². The molecule has 0 rings (SSSR count). The Morgan fingerprint density at radius 3 is 2.43 bits per heavy atom. The number of amides is 1. The minimum absolute atomic E-state index is 0. The van der Waals surface area contributed by atoms with Gasteiger partial charge in [0.05, 0.1) is 6.54 Å². The average molecular weight is 102 g/mol. The lowest BCUT2D eigenvalue weighted by Gasteiger charge is -2.02. The summed E-state index contributed by atoms with van der Waals surface area (Å²) in [4.78, 5) is 9.80. The second kappa shape index (κ2) is 2.54. The number of carbonyl (C=O) groups is 1. The third-order valence-electron chi connectivity index (χ3n) is 0.393. The van der Waals surface area contributed by atoms with Crippen LogP contribution in [0.1, 0.15) is 0 Å². The molecule has 0 saturated carbocycles. The molecule has 0 unspecified atom stereocenters. The first-order valence-electron chi connectivity index (χ1n) is 1.83. The molecule has 0 spiro atoms. The van der Waals surface area contributed by atoms with Crippen molar-refractivity contribution in [3.05, 3.63) is 0 Å². The second-order valence-electron chi connectivity index (χ2n) is 1.34. The fraction of sp³-hybridized carbons (Fsp3) is 0.667. The zero-order chi connectivity index (χ0) is 5.86. The average Bonchev–Trinajstić information content (AvgIpc) is 1.27. The number of nitrogens with one attached hydrogen (secondary N) is 1. The van der Waals surface area contributed by atoms with E-state index < -0.39 is 5.91 Å². The van der Waals surface area contributed by atoms with Crippen molar-refractivity contribution in [3.8, 4) is 0 Å². The minimum Gasteiger partial charge on any atom is -0.272 e. The maximum Gasteiger partial charge on any atom is 0.253 e. The number of rotatable bonds is 2. The molecule has 0 aromatic rings. The first-order chi connectivity index (χ1) is 3.13. The van der Waals surface area contributed by atoms with Crippen molar-refractivity contribution in [2.45, 2.75) is 0 Å². The third kappa shape index (κ3) is 5.39. The molecule has 0 aromatic carbocycles. The molecule has 0 heterocycles. The molecule has 0 fully saturated rings. The van der Waals surface area contributed by atoms with Crippen LogP contribution >= 0.6 is 0 Å². The van der Waals surface area contributed by atoms with E-state index in [9.17, 15) is 4.79 Å². The number of hydrazine groups is 1. The smallest absolute Gasteiger partial charge is 0.253 e. The van der Waals surface area contributed by atoms with Crippen LogP contribution in [0.3, 0.4) is 0 Å². The first kappa shape index (κ1) is 6.39. The van der Waals surface area contributed by atoms with Crippen LogP contribution < -0.4 is 11.6 Å². The molecule has 3 N–H and O–H groups in total. The van der Waals surface area contributed by atoms with E-state index in [4.69, 9.17) is 11.6 Å². The van der Waals surface area contributed by atoms with Gasteiger partial charge in [0.25, 0.3) is 5.91 Å². The van der Waals surface area contributed by atoms with Crippen LogP contribution in [0, 0.1) is 0 Å². The molecule has 0 aliphatic heterocycles. The quantitative estimate of drug-likeness (QED) is 0.344. The van der Waals surface area contributed by atoms with Crippen LogP contribution in [0.4, 0.5) is 0 Å². The van der Waals surface area contributed by atoms with Crippen molar-refractivity contribution in [2.75, 3.05) is 13.6 Å². The molecular weight excluding hydrogens is 94.1 g/mol. The Morgan fingerprint density at radius 2 is 2.43 bits per heavy atom. The van der Waals surface area contributed by atoms with Crippen molar-refractivity contribution in [1.29, 1.82) is 0 Å². The Bertz CT molecular complexity index is 70.6. The van der Waals surface area contributed by atoms with Crippen molar-refractivity contribution >= 4 is 5.91 Å². The zero-order valence-corrected chi connectivity index (χ0v) is 4.14. The predicted molar refractivity (Wildman–Crippen MR) is 24.9 cm³/mol. The zero-order valence-electron chi connectivity index (χ0n) is 4.14. The molecule has 0 bridgehead atoms. The lowest BCUT2D eigenvalue weighted by molar-refractivity contribution is -0.119. The molecule has 0 aromatic heterocycles. The van der Waals surface area contributed by atoms with Crippen LogP contribution in [0.2, 0.25) is 0 Å².